The van der Waals surface area contributed by atoms with E-state index in [1.807, 2.05) is 0 Å². The van der Waals surface area contributed by atoms with E-state index in [0.717, 1.165) is 18.2 Å². The van der Waals surface area contributed by atoms with Crippen LogP contribution in [-0.4, -0.2) is 25.4 Å². The number of nitrogens with one attached hydrogen (secondary N) is 2. The van der Waals surface area contributed by atoms with Crippen molar-refractivity contribution in [1.29, 1.82) is 0 Å². The second-order valence-electron chi connectivity index (χ2n) is 3.55. The van der Waals surface area contributed by atoms with Crippen molar-refractivity contribution < 1.29 is 22.8 Å². The minimum absolute atomic E-state index is 0.182. The number of hydrogen-bond acceptors (Lipinski definition) is 2. The van der Waals surface area contributed by atoms with Gasteiger partial charge in [-0.15, -0.1) is 0 Å². The highest BCUT2D eigenvalue weighted by Crippen LogP contribution is 2.31. The van der Waals surface area contributed by atoms with Crippen molar-refractivity contribution >= 4 is 27.7 Å². The van der Waals surface area contributed by atoms with Crippen LogP contribution in [0.5, 0.6) is 0 Å². The Morgan fingerprint density at radius 3 is 2.47 bits per heavy atom. The van der Waals surface area contributed by atoms with E-state index < -0.39 is 23.6 Å². The van der Waals surface area contributed by atoms with Gasteiger partial charge in [-0.2, -0.15) is 13.2 Å². The molecule has 8 heteroatoms. The van der Waals surface area contributed by atoms with Gasteiger partial charge in [-0.1, -0.05) is 0 Å². The fraction of sp³-hybridized carbons (Fsp3) is 0.273. The Morgan fingerprint density at radius 1 is 1.32 bits per heavy atom. The van der Waals surface area contributed by atoms with Crippen LogP contribution < -0.4 is 10.6 Å². The lowest BCUT2D eigenvalue weighted by Gasteiger charge is -2.10. The molecule has 0 saturated carbocycles. The zero-order valence-electron chi connectivity index (χ0n) is 9.77. The van der Waals surface area contributed by atoms with Crippen molar-refractivity contribution in [2.75, 3.05) is 13.6 Å². The number of carbonyl (C=O) groups excluding carboxylic acids is 2. The van der Waals surface area contributed by atoms with Crippen LogP contribution >= 0.6 is 15.9 Å². The van der Waals surface area contributed by atoms with Crippen LogP contribution in [0.3, 0.4) is 0 Å². The number of alkyl halides is 3. The third-order valence-electron chi connectivity index (χ3n) is 2.23. The van der Waals surface area contributed by atoms with Gasteiger partial charge in [0.25, 0.3) is 5.91 Å². The molecule has 1 aromatic rings. The Balaban J connectivity index is 2.93. The van der Waals surface area contributed by atoms with Gasteiger partial charge in [-0.3, -0.25) is 9.59 Å². The first-order chi connectivity index (χ1) is 8.75. The highest BCUT2D eigenvalue weighted by Gasteiger charge is 2.31. The Hall–Kier alpha value is -1.57. The summed E-state index contributed by atoms with van der Waals surface area (Å²) in [5.41, 5.74) is -1.11. The topological polar surface area (TPSA) is 58.2 Å². The summed E-state index contributed by atoms with van der Waals surface area (Å²) in [6.07, 6.45) is -4.53. The summed E-state index contributed by atoms with van der Waals surface area (Å²) in [4.78, 5) is 22.6. The van der Waals surface area contributed by atoms with Crippen LogP contribution in [0, 0.1) is 0 Å². The van der Waals surface area contributed by atoms with Crippen molar-refractivity contribution in [3.63, 3.8) is 0 Å². The van der Waals surface area contributed by atoms with E-state index in [0.29, 0.717) is 0 Å². The van der Waals surface area contributed by atoms with Gasteiger partial charge < -0.3 is 10.6 Å². The molecule has 1 rings (SSSR count). The van der Waals surface area contributed by atoms with Gasteiger partial charge in [-0.25, -0.2) is 0 Å². The molecule has 0 fully saturated rings. The third kappa shape index (κ3) is 4.23. The molecule has 0 aliphatic rings. The maximum atomic E-state index is 12.5. The smallest absolute Gasteiger partial charge is 0.358 e. The molecule has 0 aliphatic carbocycles. The van der Waals surface area contributed by atoms with Crippen LogP contribution in [0.15, 0.2) is 22.7 Å². The molecular weight excluding hydrogens is 329 g/mol. The molecule has 1 aromatic carbocycles. The SMILES string of the molecule is CNC(=O)CNC(=O)c1cc(C(F)(F)F)ccc1Br. The molecule has 0 atom stereocenters. The van der Waals surface area contributed by atoms with Crippen LogP contribution in [-0.2, 0) is 11.0 Å². The largest absolute Gasteiger partial charge is 0.416 e. The molecule has 4 nitrogen and oxygen atoms in total. The van der Waals surface area contributed by atoms with Crippen molar-refractivity contribution in [3.05, 3.63) is 33.8 Å². The van der Waals surface area contributed by atoms with Gasteiger partial charge in [0.15, 0.2) is 0 Å². The molecule has 2 N–H and O–H groups in total. The Labute approximate surface area is 115 Å². The second kappa shape index (κ2) is 6.05. The molecule has 0 saturated heterocycles. The van der Waals surface area contributed by atoms with Gasteiger partial charge >= 0.3 is 6.18 Å². The number of rotatable bonds is 3. The van der Waals surface area contributed by atoms with E-state index in [4.69, 9.17) is 0 Å². The lowest BCUT2D eigenvalue weighted by Crippen LogP contribution is -2.35. The third-order valence-corrected chi connectivity index (χ3v) is 2.92. The molecule has 0 bridgehead atoms. The van der Waals surface area contributed by atoms with Crippen LogP contribution in [0.1, 0.15) is 15.9 Å². The first-order valence-corrected chi connectivity index (χ1v) is 5.90. The lowest BCUT2D eigenvalue weighted by molar-refractivity contribution is -0.137. The van der Waals surface area contributed by atoms with Crippen LogP contribution in [0.25, 0.3) is 0 Å². The van der Waals surface area contributed by atoms with Gasteiger partial charge in [-0.05, 0) is 34.1 Å². The molecule has 19 heavy (non-hydrogen) atoms. The van der Waals surface area contributed by atoms with Crippen LogP contribution in [0.4, 0.5) is 13.2 Å². The zero-order chi connectivity index (χ0) is 14.6. The average molecular weight is 339 g/mol. The van der Waals surface area contributed by atoms with E-state index in [1.165, 1.54) is 7.05 Å². The first-order valence-electron chi connectivity index (χ1n) is 5.11. The highest BCUT2D eigenvalue weighted by atomic mass is 79.9. The number of hydrogen-bond donors (Lipinski definition) is 2. The maximum Gasteiger partial charge on any atom is 0.416 e. The summed E-state index contributed by atoms with van der Waals surface area (Å²) in [5, 5.41) is 4.50. The molecule has 0 unspecified atom stereocenters. The molecule has 104 valence electrons. The normalized spacial score (nSPS) is 11.0. The Morgan fingerprint density at radius 2 is 1.95 bits per heavy atom. The van der Waals surface area contributed by atoms with Crippen molar-refractivity contribution in [2.24, 2.45) is 0 Å². The molecule has 0 aliphatic heterocycles. The summed E-state index contributed by atoms with van der Waals surface area (Å²) in [5.74, 6) is -1.21. The van der Waals surface area contributed by atoms with Crippen molar-refractivity contribution in [3.8, 4) is 0 Å². The fourth-order valence-corrected chi connectivity index (χ4v) is 1.65. The fourth-order valence-electron chi connectivity index (χ4n) is 1.22. The molecular formula is C11H10BrF3N2O2. The van der Waals surface area contributed by atoms with Gasteiger partial charge in [0.2, 0.25) is 5.91 Å². The van der Waals surface area contributed by atoms with Crippen molar-refractivity contribution in [1.82, 2.24) is 10.6 Å². The summed E-state index contributed by atoms with van der Waals surface area (Å²) in [6.45, 7) is -0.308. The maximum absolute atomic E-state index is 12.5. The monoisotopic (exact) mass is 338 g/mol. The number of likely N-dealkylation sites (N-methyl/N-ethyl adjacent to an activating group) is 1. The van der Waals surface area contributed by atoms with Crippen LogP contribution in [0.2, 0.25) is 0 Å². The van der Waals surface area contributed by atoms with E-state index in [9.17, 15) is 22.8 Å². The summed E-state index contributed by atoms with van der Waals surface area (Å²) in [7, 11) is 1.38. The summed E-state index contributed by atoms with van der Waals surface area (Å²) >= 11 is 2.99. The Kier molecular flexibility index (Phi) is 4.93. The van der Waals surface area contributed by atoms with Crippen molar-refractivity contribution in [2.45, 2.75) is 6.18 Å². The van der Waals surface area contributed by atoms with E-state index >= 15 is 0 Å². The molecule has 0 aromatic heterocycles. The highest BCUT2D eigenvalue weighted by molar-refractivity contribution is 9.10. The molecule has 0 radical (unpaired) electrons. The molecule has 0 heterocycles. The zero-order valence-corrected chi connectivity index (χ0v) is 11.4. The standard InChI is InChI=1S/C11H10BrF3N2O2/c1-16-9(18)5-17-10(19)7-4-6(11(13,14)15)2-3-8(7)12/h2-4H,5H2,1H3,(H,16,18)(H,17,19). The Bertz CT molecular complexity index is 503. The predicted molar refractivity (Wildman–Crippen MR) is 65.5 cm³/mol. The first kappa shape index (κ1) is 15.5. The number of benzene rings is 1. The quantitative estimate of drug-likeness (QED) is 0.884. The second-order valence-corrected chi connectivity index (χ2v) is 4.40. The van der Waals surface area contributed by atoms with E-state index in [2.05, 4.69) is 26.6 Å². The number of amides is 2. The van der Waals surface area contributed by atoms with E-state index in [-0.39, 0.29) is 16.6 Å². The molecule has 0 spiro atoms. The average Bonchev–Trinajstić information content (AvgIpc) is 2.34. The van der Waals surface area contributed by atoms with Gasteiger partial charge in [0.05, 0.1) is 17.7 Å². The molecule has 2 amide bonds. The summed E-state index contributed by atoms with van der Waals surface area (Å²) < 4.78 is 37.8. The number of halogens is 4. The minimum atomic E-state index is -4.53. The number of carbonyl (C=O) groups is 2. The van der Waals surface area contributed by atoms with E-state index in [1.54, 1.807) is 0 Å². The summed E-state index contributed by atoms with van der Waals surface area (Å²) in [6, 6.07) is 2.72. The predicted octanol–water partition coefficient (Wildman–Crippen LogP) is 1.94. The van der Waals surface area contributed by atoms with Gasteiger partial charge in [0, 0.05) is 11.5 Å². The lowest BCUT2D eigenvalue weighted by atomic mass is 10.1. The minimum Gasteiger partial charge on any atom is -0.358 e. The van der Waals surface area contributed by atoms with Gasteiger partial charge in [0.1, 0.15) is 0 Å².